The van der Waals surface area contributed by atoms with E-state index in [4.69, 9.17) is 16.3 Å². The molecule has 0 spiro atoms. The molecule has 176 valence electrons. The molecule has 0 radical (unpaired) electrons. The molecule has 0 amide bonds. The molecular formula is C27H32BrClN2O2. The minimum atomic E-state index is -0.304. The van der Waals surface area contributed by atoms with Gasteiger partial charge in [-0.3, -0.25) is 4.90 Å². The molecule has 1 heterocycles. The molecule has 6 heteroatoms. The van der Waals surface area contributed by atoms with Crippen molar-refractivity contribution in [3.05, 3.63) is 70.3 Å². The van der Waals surface area contributed by atoms with Crippen LogP contribution in [0.15, 0.2) is 54.1 Å². The Balaban J connectivity index is 1.47. The summed E-state index contributed by atoms with van der Waals surface area (Å²) in [6, 6.07) is 16.0. The number of alkyl halides is 1. The molecular weight excluding hydrogens is 500 g/mol. The van der Waals surface area contributed by atoms with E-state index in [0.29, 0.717) is 11.0 Å². The summed E-state index contributed by atoms with van der Waals surface area (Å²) < 4.78 is 4.81. The average molecular weight is 532 g/mol. The van der Waals surface area contributed by atoms with Gasteiger partial charge in [0.2, 0.25) is 0 Å². The van der Waals surface area contributed by atoms with Crippen molar-refractivity contribution in [1.82, 2.24) is 4.90 Å². The number of benzene rings is 2. The topological polar surface area (TPSA) is 32.8 Å². The number of nitrogens with zero attached hydrogens (tertiary/aromatic N) is 2. The quantitative estimate of drug-likeness (QED) is 0.246. The van der Waals surface area contributed by atoms with Gasteiger partial charge >= 0.3 is 5.97 Å². The van der Waals surface area contributed by atoms with Crippen LogP contribution in [0.25, 0.3) is 5.57 Å². The third-order valence-corrected chi connectivity index (χ3v) is 7.85. The number of hydrogen-bond donors (Lipinski definition) is 0. The first-order chi connectivity index (χ1) is 15.8. The minimum Gasteiger partial charge on any atom is -0.465 e. The fourth-order valence-electron chi connectivity index (χ4n) is 4.87. The van der Waals surface area contributed by atoms with E-state index in [1.807, 2.05) is 36.4 Å². The van der Waals surface area contributed by atoms with Crippen LogP contribution in [0.1, 0.15) is 49.0 Å². The highest BCUT2D eigenvalue weighted by Crippen LogP contribution is 2.43. The molecule has 4 nitrogen and oxygen atoms in total. The average Bonchev–Trinajstić information content (AvgIpc) is 2.80. The van der Waals surface area contributed by atoms with Crippen molar-refractivity contribution in [1.29, 1.82) is 0 Å². The van der Waals surface area contributed by atoms with E-state index >= 15 is 0 Å². The maximum atomic E-state index is 11.7. The molecule has 0 unspecified atom stereocenters. The van der Waals surface area contributed by atoms with E-state index in [0.717, 1.165) is 49.7 Å². The lowest BCUT2D eigenvalue weighted by atomic mass is 9.72. The van der Waals surface area contributed by atoms with Gasteiger partial charge in [-0.1, -0.05) is 59.1 Å². The summed E-state index contributed by atoms with van der Waals surface area (Å²) in [5.74, 6) is -0.304. The van der Waals surface area contributed by atoms with Gasteiger partial charge in [0.05, 0.1) is 17.6 Å². The lowest BCUT2D eigenvalue weighted by Crippen LogP contribution is -2.51. The van der Waals surface area contributed by atoms with Gasteiger partial charge in [-0.15, -0.1) is 0 Å². The van der Waals surface area contributed by atoms with Crippen molar-refractivity contribution in [3.8, 4) is 0 Å². The highest BCUT2D eigenvalue weighted by Gasteiger charge is 2.31. The van der Waals surface area contributed by atoms with Crippen LogP contribution in [0.2, 0.25) is 5.02 Å². The zero-order chi connectivity index (χ0) is 23.6. The number of hydrogen-bond acceptors (Lipinski definition) is 4. The minimum absolute atomic E-state index is 0.217. The van der Waals surface area contributed by atoms with Crippen molar-refractivity contribution < 1.29 is 9.53 Å². The van der Waals surface area contributed by atoms with Crippen LogP contribution in [-0.4, -0.2) is 49.1 Å². The Bertz CT molecular complexity index is 1020. The van der Waals surface area contributed by atoms with Crippen molar-refractivity contribution in [2.75, 3.05) is 38.2 Å². The first kappa shape index (κ1) is 24.3. The van der Waals surface area contributed by atoms with E-state index in [9.17, 15) is 4.79 Å². The molecule has 1 saturated heterocycles. The zero-order valence-electron chi connectivity index (χ0n) is 19.6. The second-order valence-corrected chi connectivity index (χ2v) is 11.3. The predicted octanol–water partition coefficient (Wildman–Crippen LogP) is 6.63. The van der Waals surface area contributed by atoms with E-state index in [1.54, 1.807) is 5.57 Å². The number of allylic oxidation sites excluding steroid dienone is 1. The van der Waals surface area contributed by atoms with E-state index < -0.39 is 0 Å². The molecule has 1 aliphatic heterocycles. The summed E-state index contributed by atoms with van der Waals surface area (Å²) in [5.41, 5.74) is 6.38. The molecule has 2 aliphatic rings. The number of carbonyl (C=O) groups excluding carboxylic acids is 1. The molecule has 0 bridgehead atoms. The van der Waals surface area contributed by atoms with Gasteiger partial charge in [-0.05, 0) is 72.2 Å². The van der Waals surface area contributed by atoms with Gasteiger partial charge in [-0.2, -0.15) is 0 Å². The molecule has 2 aromatic rings. The standard InChI is InChI=1S/C27H32BrClN2O2/c1-27(2)13-12-21(24(16-27)19-4-8-22(29)9-5-19)17-30-14-15-31(25(28)18-30)23-10-6-20(7-11-23)26(32)33-3/h4-11,25H,12-18H2,1-3H3/t25-/m1/s1. The number of ether oxygens (including phenoxy) is 1. The lowest BCUT2D eigenvalue weighted by molar-refractivity contribution is 0.0600. The molecule has 2 aromatic carbocycles. The van der Waals surface area contributed by atoms with Gasteiger partial charge in [0, 0.05) is 36.9 Å². The molecule has 1 atom stereocenters. The third-order valence-electron chi connectivity index (χ3n) is 6.82. The van der Waals surface area contributed by atoms with Gasteiger partial charge in [0.25, 0.3) is 0 Å². The van der Waals surface area contributed by atoms with E-state index in [-0.39, 0.29) is 10.9 Å². The molecule has 0 N–H and O–H groups in total. The highest BCUT2D eigenvalue weighted by molar-refractivity contribution is 9.09. The zero-order valence-corrected chi connectivity index (χ0v) is 22.0. The number of methoxy groups -OCH3 is 1. The van der Waals surface area contributed by atoms with E-state index in [2.05, 4.69) is 51.7 Å². The summed E-state index contributed by atoms with van der Waals surface area (Å²) >= 11 is 10.1. The Labute approximate surface area is 210 Å². The summed E-state index contributed by atoms with van der Waals surface area (Å²) in [6.45, 7) is 8.63. The van der Waals surface area contributed by atoms with Crippen molar-refractivity contribution in [2.45, 2.75) is 38.1 Å². The lowest BCUT2D eigenvalue weighted by Gasteiger charge is -2.42. The number of carbonyl (C=O) groups is 1. The van der Waals surface area contributed by atoms with Crippen LogP contribution in [0.5, 0.6) is 0 Å². The monoisotopic (exact) mass is 530 g/mol. The van der Waals surface area contributed by atoms with Crippen LogP contribution >= 0.6 is 27.5 Å². The highest BCUT2D eigenvalue weighted by atomic mass is 79.9. The Morgan fingerprint density at radius 2 is 1.82 bits per heavy atom. The second kappa shape index (κ2) is 10.2. The SMILES string of the molecule is COC(=O)c1ccc(N2CCN(CC3=C(c4ccc(Cl)cc4)CC(C)(C)CC3)C[C@@H]2Br)cc1. The van der Waals surface area contributed by atoms with Gasteiger partial charge < -0.3 is 9.64 Å². The summed E-state index contributed by atoms with van der Waals surface area (Å²) in [7, 11) is 1.41. The maximum Gasteiger partial charge on any atom is 0.337 e. The van der Waals surface area contributed by atoms with Crippen LogP contribution < -0.4 is 4.90 Å². The Morgan fingerprint density at radius 1 is 1.12 bits per heavy atom. The summed E-state index contributed by atoms with van der Waals surface area (Å²) in [6.07, 6.45) is 3.48. The van der Waals surface area contributed by atoms with Crippen LogP contribution in [-0.2, 0) is 4.74 Å². The fourth-order valence-corrected chi connectivity index (χ4v) is 5.84. The number of piperazine rings is 1. The number of anilines is 1. The molecule has 0 aromatic heterocycles. The van der Waals surface area contributed by atoms with Gasteiger partial charge in [0.15, 0.2) is 0 Å². The molecule has 4 rings (SSSR count). The first-order valence-electron chi connectivity index (χ1n) is 11.5. The Kier molecular flexibility index (Phi) is 7.52. The fraction of sp³-hybridized carbons (Fsp3) is 0.444. The predicted molar refractivity (Wildman–Crippen MR) is 140 cm³/mol. The summed E-state index contributed by atoms with van der Waals surface area (Å²) in [5, 5.41) is 0.786. The van der Waals surface area contributed by atoms with Crippen LogP contribution in [0.3, 0.4) is 0 Å². The largest absolute Gasteiger partial charge is 0.465 e. The van der Waals surface area contributed by atoms with Crippen molar-refractivity contribution >= 4 is 44.8 Å². The second-order valence-electron chi connectivity index (χ2n) is 9.83. The number of halogens is 2. The van der Waals surface area contributed by atoms with Crippen molar-refractivity contribution in [2.24, 2.45) is 5.41 Å². The van der Waals surface area contributed by atoms with E-state index in [1.165, 1.54) is 24.7 Å². The number of esters is 1. The Hall–Kier alpha value is -1.82. The van der Waals surface area contributed by atoms with Crippen molar-refractivity contribution in [3.63, 3.8) is 0 Å². The third kappa shape index (κ3) is 5.82. The molecule has 33 heavy (non-hydrogen) atoms. The first-order valence-corrected chi connectivity index (χ1v) is 12.8. The smallest absolute Gasteiger partial charge is 0.337 e. The van der Waals surface area contributed by atoms with Crippen LogP contribution in [0, 0.1) is 5.41 Å². The van der Waals surface area contributed by atoms with Gasteiger partial charge in [0.1, 0.15) is 0 Å². The molecule has 1 fully saturated rings. The summed E-state index contributed by atoms with van der Waals surface area (Å²) in [4.78, 5) is 16.9. The Morgan fingerprint density at radius 3 is 2.45 bits per heavy atom. The van der Waals surface area contributed by atoms with Crippen LogP contribution in [0.4, 0.5) is 5.69 Å². The molecule has 1 aliphatic carbocycles. The normalized spacial score (nSPS) is 21.2. The maximum absolute atomic E-state index is 11.7. The van der Waals surface area contributed by atoms with Gasteiger partial charge in [-0.25, -0.2) is 4.79 Å². The number of rotatable bonds is 5. The molecule has 0 saturated carbocycles.